The van der Waals surface area contributed by atoms with E-state index in [4.69, 9.17) is 4.74 Å². The quantitative estimate of drug-likeness (QED) is 0.417. The van der Waals surface area contributed by atoms with Gasteiger partial charge in [-0.3, -0.25) is 18.8 Å². The monoisotopic (exact) mass is 568 g/mol. The Morgan fingerprint density at radius 2 is 1.82 bits per heavy atom. The van der Waals surface area contributed by atoms with Crippen molar-refractivity contribution in [2.24, 2.45) is 0 Å². The summed E-state index contributed by atoms with van der Waals surface area (Å²) in [6.07, 6.45) is 4.07. The zero-order chi connectivity index (χ0) is 29.8. The number of carbonyl (C=O) groups is 3. The maximum atomic E-state index is 13.6. The number of benzene rings is 2. The Bertz CT molecular complexity index is 1430. The lowest BCUT2D eigenvalue weighted by Gasteiger charge is -2.32. The van der Waals surface area contributed by atoms with Crippen molar-refractivity contribution in [1.82, 2.24) is 10.2 Å². The number of hydrogen-bond donors (Lipinski definition) is 2. The van der Waals surface area contributed by atoms with Crippen LogP contribution in [0.15, 0.2) is 61.7 Å². The summed E-state index contributed by atoms with van der Waals surface area (Å²) in [6.45, 7) is 13.4. The standard InChI is InChI=1S/C29H36N4O6S/c1-8-14-32-27(35)23(18-30-28(32)36)19-16-22(25(39-6)24(17-19)29(3,4)5)26(34)31-20-10-12-21(13-11-20)33(15-9-2)40(7,37)38/h8-13,16-17,23H,1-2,14-15,18H2,3-7H3,(H,30,36)(H,31,34). The molecule has 214 valence electrons. The average Bonchev–Trinajstić information content (AvgIpc) is 2.88. The van der Waals surface area contributed by atoms with Crippen molar-refractivity contribution in [3.63, 3.8) is 0 Å². The van der Waals surface area contributed by atoms with Crippen LogP contribution >= 0.6 is 0 Å². The summed E-state index contributed by atoms with van der Waals surface area (Å²) in [6, 6.07) is 9.34. The van der Waals surface area contributed by atoms with Gasteiger partial charge in [0.05, 0.1) is 37.1 Å². The fourth-order valence-electron chi connectivity index (χ4n) is 4.48. The van der Waals surface area contributed by atoms with Crippen LogP contribution in [-0.2, 0) is 20.2 Å². The van der Waals surface area contributed by atoms with Gasteiger partial charge >= 0.3 is 6.03 Å². The van der Waals surface area contributed by atoms with Gasteiger partial charge < -0.3 is 15.4 Å². The highest BCUT2D eigenvalue weighted by atomic mass is 32.2. The number of anilines is 2. The normalized spacial score (nSPS) is 15.7. The lowest BCUT2D eigenvalue weighted by Crippen LogP contribution is -2.53. The Morgan fingerprint density at radius 3 is 2.35 bits per heavy atom. The van der Waals surface area contributed by atoms with Gasteiger partial charge in [-0.15, -0.1) is 13.2 Å². The molecule has 3 rings (SSSR count). The van der Waals surface area contributed by atoms with Crippen molar-refractivity contribution in [3.8, 4) is 5.75 Å². The molecule has 0 bridgehead atoms. The fourth-order valence-corrected chi connectivity index (χ4v) is 5.36. The van der Waals surface area contributed by atoms with Crippen LogP contribution < -0.4 is 19.7 Å². The van der Waals surface area contributed by atoms with E-state index in [1.54, 1.807) is 30.3 Å². The molecule has 1 saturated heterocycles. The minimum atomic E-state index is -3.52. The summed E-state index contributed by atoms with van der Waals surface area (Å²) in [5, 5.41) is 5.58. The number of ether oxygens (including phenoxy) is 1. The molecule has 40 heavy (non-hydrogen) atoms. The van der Waals surface area contributed by atoms with Crippen LogP contribution in [0.5, 0.6) is 5.75 Å². The van der Waals surface area contributed by atoms with Crippen LogP contribution in [0.1, 0.15) is 48.2 Å². The molecular formula is C29H36N4O6S. The molecular weight excluding hydrogens is 532 g/mol. The molecule has 2 aromatic rings. The van der Waals surface area contributed by atoms with E-state index >= 15 is 0 Å². The molecule has 1 aliphatic rings. The first-order valence-corrected chi connectivity index (χ1v) is 14.5. The number of urea groups is 1. The summed E-state index contributed by atoms with van der Waals surface area (Å²) in [5.74, 6) is -1.19. The molecule has 2 aromatic carbocycles. The van der Waals surface area contributed by atoms with Gasteiger partial charge in [0.25, 0.3) is 5.91 Å². The van der Waals surface area contributed by atoms with E-state index in [9.17, 15) is 22.8 Å². The molecule has 1 aliphatic heterocycles. The van der Waals surface area contributed by atoms with Gasteiger partial charge in [-0.1, -0.05) is 39.0 Å². The van der Waals surface area contributed by atoms with Gasteiger partial charge in [-0.2, -0.15) is 0 Å². The highest BCUT2D eigenvalue weighted by Crippen LogP contribution is 2.38. The number of hydrogen-bond acceptors (Lipinski definition) is 6. The number of sulfonamides is 1. The van der Waals surface area contributed by atoms with Crippen LogP contribution in [0.3, 0.4) is 0 Å². The lowest BCUT2D eigenvalue weighted by atomic mass is 9.81. The highest BCUT2D eigenvalue weighted by Gasteiger charge is 2.36. The molecule has 1 heterocycles. The summed E-state index contributed by atoms with van der Waals surface area (Å²) in [5.41, 5.74) is 1.93. The Balaban J connectivity index is 2.02. The minimum Gasteiger partial charge on any atom is -0.496 e. The molecule has 11 heteroatoms. The lowest BCUT2D eigenvalue weighted by molar-refractivity contribution is -0.130. The molecule has 0 spiro atoms. The number of rotatable bonds is 10. The van der Waals surface area contributed by atoms with E-state index in [0.717, 1.165) is 16.7 Å². The Hall–Kier alpha value is -4.12. The first kappa shape index (κ1) is 30.4. The minimum absolute atomic E-state index is 0.0658. The first-order chi connectivity index (χ1) is 18.7. The zero-order valence-electron chi connectivity index (χ0n) is 23.5. The SMILES string of the molecule is C=CCN1C(=O)NCC(c2cc(C(=O)Nc3ccc(N(CC=C)S(C)(=O)=O)cc3)c(OC)c(C(C)(C)C)c2)C1=O. The molecule has 0 aromatic heterocycles. The van der Waals surface area contributed by atoms with Crippen molar-refractivity contribution in [3.05, 3.63) is 78.4 Å². The number of imide groups is 1. The summed E-state index contributed by atoms with van der Waals surface area (Å²) >= 11 is 0. The zero-order valence-corrected chi connectivity index (χ0v) is 24.3. The Kier molecular flexibility index (Phi) is 9.09. The smallest absolute Gasteiger partial charge is 0.324 e. The van der Waals surface area contributed by atoms with E-state index in [-0.39, 0.29) is 31.1 Å². The third-order valence-corrected chi connectivity index (χ3v) is 7.62. The van der Waals surface area contributed by atoms with Crippen molar-refractivity contribution < 1.29 is 27.5 Å². The second-order valence-electron chi connectivity index (χ2n) is 10.5. The van der Waals surface area contributed by atoms with E-state index in [2.05, 4.69) is 23.8 Å². The maximum Gasteiger partial charge on any atom is 0.324 e. The van der Waals surface area contributed by atoms with E-state index < -0.39 is 33.3 Å². The van der Waals surface area contributed by atoms with Gasteiger partial charge in [0.2, 0.25) is 15.9 Å². The topological polar surface area (TPSA) is 125 Å². The Morgan fingerprint density at radius 1 is 1.18 bits per heavy atom. The van der Waals surface area contributed by atoms with Crippen molar-refractivity contribution in [2.75, 3.05) is 42.6 Å². The fraction of sp³-hybridized carbons (Fsp3) is 0.345. The molecule has 1 fully saturated rings. The molecule has 1 atom stereocenters. The van der Waals surface area contributed by atoms with Crippen molar-refractivity contribution in [1.29, 1.82) is 0 Å². The van der Waals surface area contributed by atoms with E-state index in [0.29, 0.717) is 22.7 Å². The predicted molar refractivity (Wildman–Crippen MR) is 157 cm³/mol. The molecule has 0 radical (unpaired) electrons. The maximum absolute atomic E-state index is 13.6. The number of methoxy groups -OCH3 is 1. The third-order valence-electron chi connectivity index (χ3n) is 6.46. The summed E-state index contributed by atoms with van der Waals surface area (Å²) < 4.78 is 31.2. The molecule has 4 amide bonds. The summed E-state index contributed by atoms with van der Waals surface area (Å²) in [7, 11) is -2.04. The average molecular weight is 569 g/mol. The van der Waals surface area contributed by atoms with E-state index in [1.165, 1.54) is 23.6 Å². The Labute approximate surface area is 235 Å². The van der Waals surface area contributed by atoms with Crippen LogP contribution in [0, 0.1) is 0 Å². The largest absolute Gasteiger partial charge is 0.496 e. The number of nitrogens with one attached hydrogen (secondary N) is 2. The van der Waals surface area contributed by atoms with Crippen molar-refractivity contribution >= 4 is 39.2 Å². The van der Waals surface area contributed by atoms with E-state index in [1.807, 2.05) is 26.8 Å². The highest BCUT2D eigenvalue weighted by molar-refractivity contribution is 7.92. The van der Waals surface area contributed by atoms with Gasteiger partial charge in [-0.25, -0.2) is 13.2 Å². The number of amides is 4. The number of nitrogens with zero attached hydrogens (tertiary/aromatic N) is 2. The predicted octanol–water partition coefficient (Wildman–Crippen LogP) is 4.02. The first-order valence-electron chi connectivity index (χ1n) is 12.7. The molecule has 10 nitrogen and oxygen atoms in total. The van der Waals surface area contributed by atoms with Crippen LogP contribution in [-0.4, -0.2) is 64.2 Å². The van der Waals surface area contributed by atoms with Gasteiger partial charge in [0.15, 0.2) is 0 Å². The third kappa shape index (κ3) is 6.53. The van der Waals surface area contributed by atoms with Crippen LogP contribution in [0.25, 0.3) is 0 Å². The second kappa shape index (κ2) is 12.0. The van der Waals surface area contributed by atoms with Gasteiger partial charge in [-0.05, 0) is 41.3 Å². The number of carbonyl (C=O) groups excluding carboxylic acids is 3. The van der Waals surface area contributed by atoms with Crippen molar-refractivity contribution in [2.45, 2.75) is 32.1 Å². The van der Waals surface area contributed by atoms with Gasteiger partial charge in [0.1, 0.15) is 5.75 Å². The molecule has 0 saturated carbocycles. The van der Waals surface area contributed by atoms with Gasteiger partial charge in [0, 0.05) is 24.3 Å². The molecule has 2 N–H and O–H groups in total. The second-order valence-corrected chi connectivity index (χ2v) is 12.4. The molecule has 1 unspecified atom stereocenters. The molecule has 0 aliphatic carbocycles. The summed E-state index contributed by atoms with van der Waals surface area (Å²) in [4.78, 5) is 40.2. The van der Waals surface area contributed by atoms with Crippen LogP contribution in [0.2, 0.25) is 0 Å². The van der Waals surface area contributed by atoms with Crippen LogP contribution in [0.4, 0.5) is 16.2 Å².